The third-order valence-corrected chi connectivity index (χ3v) is 2.80. The number of carboxylic acid groups (broad SMARTS) is 1. The van der Waals surface area contributed by atoms with E-state index < -0.39 is 18.1 Å². The van der Waals surface area contributed by atoms with Crippen LogP contribution in [0.15, 0.2) is 0 Å². The molecule has 0 heterocycles. The van der Waals surface area contributed by atoms with Crippen LogP contribution in [0.5, 0.6) is 0 Å². The predicted molar refractivity (Wildman–Crippen MR) is 71.1 cm³/mol. The number of nitrogens with two attached hydrogens (primary N) is 1. The van der Waals surface area contributed by atoms with Crippen LogP contribution in [0.4, 0.5) is 0 Å². The number of hydrogen-bond donors (Lipinski definition) is 3. The molecule has 4 N–H and O–H groups in total. The summed E-state index contributed by atoms with van der Waals surface area (Å²) in [6.07, 6.45) is 0.499. The smallest absolute Gasteiger partial charge is 0.305 e. The average Bonchev–Trinajstić information content (AvgIpc) is 2.13. The number of aliphatic carboxylic acids is 1. The number of nitrogens with one attached hydrogen (secondary N) is 1. The summed E-state index contributed by atoms with van der Waals surface area (Å²) in [6, 6.07) is -0.996. The van der Waals surface area contributed by atoms with Crippen molar-refractivity contribution < 1.29 is 14.7 Å². The minimum absolute atomic E-state index is 0.0936. The van der Waals surface area contributed by atoms with E-state index in [1.165, 1.54) is 0 Å². The van der Waals surface area contributed by atoms with Gasteiger partial charge < -0.3 is 16.2 Å². The molecular formula is C13H26N2O3. The van der Waals surface area contributed by atoms with Gasteiger partial charge in [0.05, 0.1) is 12.5 Å². The Balaban J connectivity index is 4.58. The summed E-state index contributed by atoms with van der Waals surface area (Å²) in [6.45, 7) is 9.68. The summed E-state index contributed by atoms with van der Waals surface area (Å²) in [5, 5.41) is 11.6. The molecule has 0 aliphatic carbocycles. The third kappa shape index (κ3) is 6.59. The number of carbonyl (C=O) groups is 2. The Bertz CT molecular complexity index is 295. The molecule has 0 fully saturated rings. The van der Waals surface area contributed by atoms with Gasteiger partial charge >= 0.3 is 5.97 Å². The topological polar surface area (TPSA) is 92.4 Å². The molecule has 0 aliphatic heterocycles. The molecule has 18 heavy (non-hydrogen) atoms. The zero-order valence-electron chi connectivity index (χ0n) is 12.0. The Labute approximate surface area is 109 Å². The van der Waals surface area contributed by atoms with E-state index in [-0.39, 0.29) is 17.7 Å². The highest BCUT2D eigenvalue weighted by atomic mass is 16.4. The summed E-state index contributed by atoms with van der Waals surface area (Å²) >= 11 is 0. The minimum atomic E-state index is -0.923. The van der Waals surface area contributed by atoms with E-state index in [4.69, 9.17) is 10.8 Å². The van der Waals surface area contributed by atoms with Crippen molar-refractivity contribution in [1.82, 2.24) is 5.32 Å². The SMILES string of the molecule is CC(C)C[C@@H](N)C(=O)NC(CC(=O)O)C(C)(C)C. The van der Waals surface area contributed by atoms with E-state index in [0.717, 1.165) is 0 Å². The summed E-state index contributed by atoms with van der Waals surface area (Å²) in [5.41, 5.74) is 5.47. The second-order valence-electron chi connectivity index (χ2n) is 6.26. The van der Waals surface area contributed by atoms with Gasteiger partial charge in [0.2, 0.25) is 5.91 Å². The molecule has 0 aromatic carbocycles. The van der Waals surface area contributed by atoms with Crippen LogP contribution in [0.25, 0.3) is 0 Å². The van der Waals surface area contributed by atoms with Crippen LogP contribution in [-0.4, -0.2) is 29.1 Å². The van der Waals surface area contributed by atoms with Crippen molar-refractivity contribution >= 4 is 11.9 Å². The fourth-order valence-corrected chi connectivity index (χ4v) is 1.64. The molecule has 2 atom stereocenters. The van der Waals surface area contributed by atoms with Gasteiger partial charge in [0.15, 0.2) is 0 Å². The van der Waals surface area contributed by atoms with Gasteiger partial charge in [0.25, 0.3) is 0 Å². The molecule has 0 aliphatic rings. The van der Waals surface area contributed by atoms with Gasteiger partial charge in [-0.2, -0.15) is 0 Å². The normalized spacial score (nSPS) is 15.3. The Morgan fingerprint density at radius 3 is 2.11 bits per heavy atom. The molecule has 1 unspecified atom stereocenters. The van der Waals surface area contributed by atoms with Crippen LogP contribution in [0.2, 0.25) is 0 Å². The number of rotatable bonds is 6. The Kier molecular flexibility index (Phi) is 6.32. The first kappa shape index (κ1) is 16.9. The summed E-state index contributed by atoms with van der Waals surface area (Å²) in [5.74, 6) is -0.865. The first-order chi connectivity index (χ1) is 8.04. The largest absolute Gasteiger partial charge is 0.481 e. The first-order valence-electron chi connectivity index (χ1n) is 6.31. The minimum Gasteiger partial charge on any atom is -0.481 e. The molecule has 0 radical (unpaired) electrons. The maximum absolute atomic E-state index is 11.9. The molecule has 1 amide bonds. The van der Waals surface area contributed by atoms with Crippen LogP contribution in [0.1, 0.15) is 47.5 Å². The van der Waals surface area contributed by atoms with Crippen LogP contribution >= 0.6 is 0 Å². The van der Waals surface area contributed by atoms with E-state index in [1.807, 2.05) is 34.6 Å². The third-order valence-electron chi connectivity index (χ3n) is 2.80. The lowest BCUT2D eigenvalue weighted by molar-refractivity contribution is -0.138. The van der Waals surface area contributed by atoms with Crippen molar-refractivity contribution in [2.45, 2.75) is 59.5 Å². The van der Waals surface area contributed by atoms with Gasteiger partial charge in [-0.3, -0.25) is 9.59 Å². The summed E-state index contributed by atoms with van der Waals surface area (Å²) in [4.78, 5) is 22.7. The van der Waals surface area contributed by atoms with Crippen LogP contribution in [0, 0.1) is 11.3 Å². The molecule has 0 aromatic heterocycles. The zero-order valence-corrected chi connectivity index (χ0v) is 12.0. The number of amides is 1. The van der Waals surface area contributed by atoms with E-state index in [0.29, 0.717) is 12.3 Å². The maximum Gasteiger partial charge on any atom is 0.305 e. The fraction of sp³-hybridized carbons (Fsp3) is 0.846. The van der Waals surface area contributed by atoms with Gasteiger partial charge in [-0.25, -0.2) is 0 Å². The Morgan fingerprint density at radius 1 is 1.28 bits per heavy atom. The first-order valence-corrected chi connectivity index (χ1v) is 6.31. The van der Waals surface area contributed by atoms with E-state index in [1.54, 1.807) is 0 Å². The molecule has 5 nitrogen and oxygen atoms in total. The van der Waals surface area contributed by atoms with Gasteiger partial charge in [-0.15, -0.1) is 0 Å². The molecule has 0 saturated heterocycles. The second kappa shape index (κ2) is 6.73. The number of hydrogen-bond acceptors (Lipinski definition) is 3. The quantitative estimate of drug-likeness (QED) is 0.671. The van der Waals surface area contributed by atoms with Crippen molar-refractivity contribution in [3.8, 4) is 0 Å². The molecule has 5 heteroatoms. The molecule has 0 aromatic rings. The van der Waals surface area contributed by atoms with Gasteiger partial charge in [-0.1, -0.05) is 34.6 Å². The number of carbonyl (C=O) groups excluding carboxylic acids is 1. The molecule has 0 rings (SSSR count). The van der Waals surface area contributed by atoms with Crippen LogP contribution < -0.4 is 11.1 Å². The van der Waals surface area contributed by atoms with Crippen molar-refractivity contribution in [3.63, 3.8) is 0 Å². The van der Waals surface area contributed by atoms with Crippen molar-refractivity contribution in [2.24, 2.45) is 17.1 Å². The highest BCUT2D eigenvalue weighted by molar-refractivity contribution is 5.82. The van der Waals surface area contributed by atoms with Crippen LogP contribution in [0.3, 0.4) is 0 Å². The van der Waals surface area contributed by atoms with Gasteiger partial charge in [-0.05, 0) is 17.8 Å². The van der Waals surface area contributed by atoms with E-state index in [9.17, 15) is 9.59 Å². The highest BCUT2D eigenvalue weighted by Crippen LogP contribution is 2.22. The maximum atomic E-state index is 11.9. The highest BCUT2D eigenvalue weighted by Gasteiger charge is 2.29. The van der Waals surface area contributed by atoms with Crippen molar-refractivity contribution in [1.29, 1.82) is 0 Å². The number of carboxylic acids is 1. The Hall–Kier alpha value is -1.10. The lowest BCUT2D eigenvalue weighted by atomic mass is 9.84. The van der Waals surface area contributed by atoms with E-state index in [2.05, 4.69) is 5.32 Å². The van der Waals surface area contributed by atoms with Crippen molar-refractivity contribution in [2.75, 3.05) is 0 Å². The molecule has 0 bridgehead atoms. The van der Waals surface area contributed by atoms with E-state index >= 15 is 0 Å². The molecule has 0 saturated carbocycles. The molecule has 0 spiro atoms. The average molecular weight is 258 g/mol. The molecule has 106 valence electrons. The summed E-state index contributed by atoms with van der Waals surface area (Å²) < 4.78 is 0. The second-order valence-corrected chi connectivity index (χ2v) is 6.26. The monoisotopic (exact) mass is 258 g/mol. The lowest BCUT2D eigenvalue weighted by Gasteiger charge is -2.31. The fourth-order valence-electron chi connectivity index (χ4n) is 1.64. The van der Waals surface area contributed by atoms with Gasteiger partial charge in [0.1, 0.15) is 0 Å². The van der Waals surface area contributed by atoms with Crippen molar-refractivity contribution in [3.05, 3.63) is 0 Å². The standard InChI is InChI=1S/C13H26N2O3/c1-8(2)6-9(14)12(18)15-10(7-11(16)17)13(3,4)5/h8-10H,6-7,14H2,1-5H3,(H,15,18)(H,16,17)/t9-,10?/m1/s1. The predicted octanol–water partition coefficient (Wildman–Crippen LogP) is 1.37. The van der Waals surface area contributed by atoms with Crippen LogP contribution in [-0.2, 0) is 9.59 Å². The zero-order chi connectivity index (χ0) is 14.5. The molecular weight excluding hydrogens is 232 g/mol. The van der Waals surface area contributed by atoms with Gasteiger partial charge in [0, 0.05) is 6.04 Å². The Morgan fingerprint density at radius 2 is 1.78 bits per heavy atom. The summed E-state index contributed by atoms with van der Waals surface area (Å²) in [7, 11) is 0. The lowest BCUT2D eigenvalue weighted by Crippen LogP contribution is -2.51.